The zero-order valence-electron chi connectivity index (χ0n) is 13.4. The number of nitrogens with zero attached hydrogens (tertiary/aromatic N) is 1. The van der Waals surface area contributed by atoms with E-state index in [4.69, 9.17) is 0 Å². The lowest BCUT2D eigenvalue weighted by molar-refractivity contribution is 0.664. The summed E-state index contributed by atoms with van der Waals surface area (Å²) >= 11 is 0. The van der Waals surface area contributed by atoms with Gasteiger partial charge in [0.15, 0.2) is 0 Å². The Bertz CT molecular complexity index is 686. The zero-order valence-corrected chi connectivity index (χ0v) is 13.4. The van der Waals surface area contributed by atoms with E-state index in [0.29, 0.717) is 6.54 Å². The molecule has 3 heteroatoms. The van der Waals surface area contributed by atoms with Gasteiger partial charge in [-0.05, 0) is 38.4 Å². The lowest BCUT2D eigenvalue weighted by atomic mass is 10.0. The molecule has 112 valence electrons. The van der Waals surface area contributed by atoms with Gasteiger partial charge < -0.3 is 9.88 Å². The van der Waals surface area contributed by atoms with Gasteiger partial charge in [0.2, 0.25) is 0 Å². The number of hydrogen-bond acceptors (Lipinski definition) is 2. The number of aromatic nitrogens is 1. The van der Waals surface area contributed by atoms with Gasteiger partial charge in [-0.2, -0.15) is 0 Å². The minimum absolute atomic E-state index is 0.0797. The lowest BCUT2D eigenvalue weighted by Crippen LogP contribution is -2.26. The highest BCUT2D eigenvalue weighted by Crippen LogP contribution is 2.23. The third-order valence-electron chi connectivity index (χ3n) is 3.78. The van der Waals surface area contributed by atoms with Crippen LogP contribution in [0.1, 0.15) is 30.0 Å². The maximum Gasteiger partial charge on any atom is 0.255 e. The van der Waals surface area contributed by atoms with E-state index in [0.717, 1.165) is 29.8 Å². The fourth-order valence-corrected chi connectivity index (χ4v) is 2.59. The van der Waals surface area contributed by atoms with Crippen molar-refractivity contribution in [1.29, 1.82) is 0 Å². The molecule has 3 nitrogen and oxygen atoms in total. The average Bonchev–Trinajstić information content (AvgIpc) is 2.45. The van der Waals surface area contributed by atoms with Crippen LogP contribution in [0.5, 0.6) is 0 Å². The second-order valence-corrected chi connectivity index (χ2v) is 5.60. The van der Waals surface area contributed by atoms with E-state index in [1.165, 1.54) is 11.1 Å². The van der Waals surface area contributed by atoms with Gasteiger partial charge in [-0.1, -0.05) is 36.8 Å². The summed E-state index contributed by atoms with van der Waals surface area (Å²) in [5, 5.41) is 3.28. The summed E-state index contributed by atoms with van der Waals surface area (Å²) in [5.41, 5.74) is 5.42. The summed E-state index contributed by atoms with van der Waals surface area (Å²) in [4.78, 5) is 12.5. The van der Waals surface area contributed by atoms with Crippen molar-refractivity contribution in [3.05, 3.63) is 57.4 Å². The first-order chi connectivity index (χ1) is 10.0. The third kappa shape index (κ3) is 3.42. The van der Waals surface area contributed by atoms with Gasteiger partial charge in [-0.15, -0.1) is 0 Å². The first-order valence-electron chi connectivity index (χ1n) is 7.52. The first-order valence-corrected chi connectivity index (χ1v) is 7.52. The van der Waals surface area contributed by atoms with E-state index >= 15 is 0 Å². The van der Waals surface area contributed by atoms with E-state index in [2.05, 4.69) is 44.3 Å². The average molecular weight is 284 g/mol. The number of benzene rings is 1. The van der Waals surface area contributed by atoms with Gasteiger partial charge in [0, 0.05) is 24.7 Å². The Kier molecular flexibility index (Phi) is 4.97. The monoisotopic (exact) mass is 284 g/mol. The first kappa shape index (κ1) is 15.5. The number of rotatable bonds is 5. The maximum atomic E-state index is 12.5. The number of pyridine rings is 1. The smallest absolute Gasteiger partial charge is 0.255 e. The highest BCUT2D eigenvalue weighted by molar-refractivity contribution is 5.64. The highest BCUT2D eigenvalue weighted by Gasteiger charge is 2.09. The summed E-state index contributed by atoms with van der Waals surface area (Å²) in [7, 11) is 1.85. The molecule has 0 amide bonds. The van der Waals surface area contributed by atoms with E-state index in [-0.39, 0.29) is 5.56 Å². The molecule has 0 atom stereocenters. The molecule has 21 heavy (non-hydrogen) atoms. The summed E-state index contributed by atoms with van der Waals surface area (Å²) in [6.07, 6.45) is 1.07. The molecule has 0 radical (unpaired) electrons. The second kappa shape index (κ2) is 6.72. The quantitative estimate of drug-likeness (QED) is 0.856. The lowest BCUT2D eigenvalue weighted by Gasteiger charge is -2.13. The summed E-state index contributed by atoms with van der Waals surface area (Å²) < 4.78 is 1.75. The second-order valence-electron chi connectivity index (χ2n) is 5.60. The predicted octanol–water partition coefficient (Wildman–Crippen LogP) is 3.17. The van der Waals surface area contributed by atoms with Gasteiger partial charge in [-0.25, -0.2) is 0 Å². The van der Waals surface area contributed by atoms with E-state index in [1.807, 2.05) is 19.2 Å². The van der Waals surface area contributed by atoms with Crippen molar-refractivity contribution in [2.24, 2.45) is 7.05 Å². The normalized spacial score (nSPS) is 10.9. The number of aryl methyl sites for hydroxylation is 2. The van der Waals surface area contributed by atoms with Gasteiger partial charge in [0.25, 0.3) is 5.56 Å². The minimum atomic E-state index is 0.0797. The van der Waals surface area contributed by atoms with Crippen LogP contribution in [0.2, 0.25) is 0 Å². The summed E-state index contributed by atoms with van der Waals surface area (Å²) in [6, 6.07) is 10.3. The van der Waals surface area contributed by atoms with Crippen LogP contribution in [-0.2, 0) is 13.6 Å². The standard InChI is InChI=1S/C18H24N2O/c1-5-10-19-12-15-7-9-17(20(4)18(15)21)16-8-6-13(2)11-14(16)3/h6-9,11,19H,5,10,12H2,1-4H3. The van der Waals surface area contributed by atoms with Gasteiger partial charge >= 0.3 is 0 Å². The molecule has 1 aromatic heterocycles. The van der Waals surface area contributed by atoms with Crippen molar-refractivity contribution >= 4 is 0 Å². The van der Waals surface area contributed by atoms with E-state index in [1.54, 1.807) is 4.57 Å². The molecule has 1 heterocycles. The van der Waals surface area contributed by atoms with Crippen LogP contribution in [0.15, 0.2) is 35.1 Å². The van der Waals surface area contributed by atoms with Crippen molar-refractivity contribution in [2.45, 2.75) is 33.7 Å². The van der Waals surface area contributed by atoms with Crippen LogP contribution < -0.4 is 10.9 Å². The molecule has 0 unspecified atom stereocenters. The Labute approximate surface area is 126 Å². The van der Waals surface area contributed by atoms with Crippen molar-refractivity contribution in [3.63, 3.8) is 0 Å². The van der Waals surface area contributed by atoms with Crippen molar-refractivity contribution in [3.8, 4) is 11.3 Å². The van der Waals surface area contributed by atoms with Crippen LogP contribution in [0, 0.1) is 13.8 Å². The van der Waals surface area contributed by atoms with E-state index < -0.39 is 0 Å². The maximum absolute atomic E-state index is 12.5. The predicted molar refractivity (Wildman–Crippen MR) is 88.6 cm³/mol. The fraction of sp³-hybridized carbons (Fsp3) is 0.389. The van der Waals surface area contributed by atoms with Crippen LogP contribution in [0.4, 0.5) is 0 Å². The van der Waals surface area contributed by atoms with Crippen molar-refractivity contribution in [1.82, 2.24) is 9.88 Å². The van der Waals surface area contributed by atoms with Crippen LogP contribution >= 0.6 is 0 Å². The van der Waals surface area contributed by atoms with Gasteiger partial charge in [-0.3, -0.25) is 4.79 Å². The molecule has 0 spiro atoms. The Morgan fingerprint density at radius 1 is 1.14 bits per heavy atom. The Hall–Kier alpha value is -1.87. The molecule has 0 saturated heterocycles. The topological polar surface area (TPSA) is 34.0 Å². The SMILES string of the molecule is CCCNCc1ccc(-c2ccc(C)cc2C)n(C)c1=O. The molecule has 0 aliphatic heterocycles. The molecule has 0 aliphatic rings. The van der Waals surface area contributed by atoms with Crippen molar-refractivity contribution in [2.75, 3.05) is 6.54 Å². The number of hydrogen-bond donors (Lipinski definition) is 1. The molecule has 1 N–H and O–H groups in total. The molecule has 2 rings (SSSR count). The summed E-state index contributed by atoms with van der Waals surface area (Å²) in [6.45, 7) is 7.85. The van der Waals surface area contributed by atoms with Gasteiger partial charge in [0.05, 0.1) is 5.69 Å². The number of nitrogens with one attached hydrogen (secondary N) is 1. The zero-order chi connectivity index (χ0) is 15.4. The largest absolute Gasteiger partial charge is 0.312 e. The molecular weight excluding hydrogens is 260 g/mol. The molecule has 0 bridgehead atoms. The molecule has 2 aromatic rings. The molecule has 0 fully saturated rings. The molecule has 0 aliphatic carbocycles. The molecule has 0 saturated carbocycles. The Balaban J connectivity index is 2.38. The van der Waals surface area contributed by atoms with Crippen LogP contribution in [0.3, 0.4) is 0 Å². The summed E-state index contributed by atoms with van der Waals surface area (Å²) in [5.74, 6) is 0. The Morgan fingerprint density at radius 3 is 2.57 bits per heavy atom. The third-order valence-corrected chi connectivity index (χ3v) is 3.78. The van der Waals surface area contributed by atoms with Crippen LogP contribution in [-0.4, -0.2) is 11.1 Å². The van der Waals surface area contributed by atoms with Crippen molar-refractivity contribution < 1.29 is 0 Å². The highest BCUT2D eigenvalue weighted by atomic mass is 16.1. The molecule has 1 aromatic carbocycles. The molecular formula is C18H24N2O. The van der Waals surface area contributed by atoms with Crippen LogP contribution in [0.25, 0.3) is 11.3 Å². The minimum Gasteiger partial charge on any atom is -0.312 e. The fourth-order valence-electron chi connectivity index (χ4n) is 2.59. The Morgan fingerprint density at radius 2 is 1.90 bits per heavy atom. The van der Waals surface area contributed by atoms with Gasteiger partial charge in [0.1, 0.15) is 0 Å². The van der Waals surface area contributed by atoms with E-state index in [9.17, 15) is 4.79 Å².